The highest BCUT2D eigenvalue weighted by atomic mass is 35.5. The van der Waals surface area contributed by atoms with Gasteiger partial charge < -0.3 is 5.32 Å². The molecule has 1 aromatic carbocycles. The Kier molecular flexibility index (Phi) is 5.24. The number of halogens is 1. The third kappa shape index (κ3) is 4.98. The van der Waals surface area contributed by atoms with Crippen LogP contribution in [0, 0.1) is 0 Å². The van der Waals surface area contributed by atoms with E-state index in [9.17, 15) is 13.2 Å². The maximum Gasteiger partial charge on any atom is 0.224 e. The SMILES string of the molecule is CS(=O)(=O)N1CCC(NC(=O)Cc2cccc(Cl)c2)CC1. The van der Waals surface area contributed by atoms with Gasteiger partial charge in [-0.05, 0) is 30.5 Å². The molecule has 0 bridgehead atoms. The van der Waals surface area contributed by atoms with E-state index in [4.69, 9.17) is 11.6 Å². The summed E-state index contributed by atoms with van der Waals surface area (Å²) in [6.45, 7) is 0.919. The van der Waals surface area contributed by atoms with E-state index in [1.165, 1.54) is 10.6 Å². The van der Waals surface area contributed by atoms with Crippen LogP contribution >= 0.6 is 11.6 Å². The van der Waals surface area contributed by atoms with Gasteiger partial charge in [0.1, 0.15) is 0 Å². The molecule has 0 saturated carbocycles. The molecule has 0 radical (unpaired) electrons. The van der Waals surface area contributed by atoms with E-state index < -0.39 is 10.0 Å². The lowest BCUT2D eigenvalue weighted by atomic mass is 10.1. The number of piperidine rings is 1. The lowest BCUT2D eigenvalue weighted by Gasteiger charge is -2.30. The Labute approximate surface area is 130 Å². The summed E-state index contributed by atoms with van der Waals surface area (Å²) in [6, 6.07) is 7.25. The van der Waals surface area contributed by atoms with Crippen LogP contribution in [0.5, 0.6) is 0 Å². The van der Waals surface area contributed by atoms with Crippen molar-refractivity contribution in [2.24, 2.45) is 0 Å². The van der Waals surface area contributed by atoms with Crippen molar-refractivity contribution in [1.82, 2.24) is 9.62 Å². The van der Waals surface area contributed by atoms with Gasteiger partial charge >= 0.3 is 0 Å². The highest BCUT2D eigenvalue weighted by Gasteiger charge is 2.25. The third-order valence-electron chi connectivity index (χ3n) is 3.54. The molecule has 21 heavy (non-hydrogen) atoms. The van der Waals surface area contributed by atoms with Crippen LogP contribution in [0.3, 0.4) is 0 Å². The van der Waals surface area contributed by atoms with Crippen LogP contribution in [0.15, 0.2) is 24.3 Å². The van der Waals surface area contributed by atoms with Crippen molar-refractivity contribution in [1.29, 1.82) is 0 Å². The molecule has 1 amide bonds. The zero-order valence-electron chi connectivity index (χ0n) is 11.9. The number of hydrogen-bond acceptors (Lipinski definition) is 3. The number of nitrogens with zero attached hydrogens (tertiary/aromatic N) is 1. The molecule has 0 unspecified atom stereocenters. The maximum atomic E-state index is 12.0. The van der Waals surface area contributed by atoms with Crippen molar-refractivity contribution in [3.8, 4) is 0 Å². The Balaban J connectivity index is 1.82. The first-order valence-corrected chi connectivity index (χ1v) is 9.06. The van der Waals surface area contributed by atoms with Crippen LogP contribution in [0.25, 0.3) is 0 Å². The van der Waals surface area contributed by atoms with Crippen molar-refractivity contribution in [3.63, 3.8) is 0 Å². The molecular formula is C14H19ClN2O3S. The lowest BCUT2D eigenvalue weighted by molar-refractivity contribution is -0.121. The normalized spacial score (nSPS) is 17.6. The Morgan fingerprint density at radius 1 is 1.38 bits per heavy atom. The number of benzene rings is 1. The quantitative estimate of drug-likeness (QED) is 0.908. The van der Waals surface area contributed by atoms with Gasteiger partial charge in [0, 0.05) is 24.2 Å². The number of rotatable bonds is 4. The molecule has 2 rings (SSSR count). The molecule has 0 spiro atoms. The molecule has 7 heteroatoms. The van der Waals surface area contributed by atoms with Gasteiger partial charge in [-0.15, -0.1) is 0 Å². The summed E-state index contributed by atoms with van der Waals surface area (Å²) < 4.78 is 24.3. The molecule has 5 nitrogen and oxygen atoms in total. The molecule has 1 N–H and O–H groups in total. The molecular weight excluding hydrogens is 312 g/mol. The number of amides is 1. The van der Waals surface area contributed by atoms with Crippen molar-refractivity contribution in [3.05, 3.63) is 34.9 Å². The first-order valence-electron chi connectivity index (χ1n) is 6.83. The van der Waals surface area contributed by atoms with Gasteiger partial charge in [-0.3, -0.25) is 4.79 Å². The molecule has 1 aromatic rings. The fourth-order valence-corrected chi connectivity index (χ4v) is 3.53. The van der Waals surface area contributed by atoms with E-state index >= 15 is 0 Å². The minimum atomic E-state index is -3.13. The first-order chi connectivity index (χ1) is 9.84. The van der Waals surface area contributed by atoms with Crippen LogP contribution in [0.2, 0.25) is 5.02 Å². The van der Waals surface area contributed by atoms with Crippen LogP contribution in [-0.4, -0.2) is 44.0 Å². The van der Waals surface area contributed by atoms with Gasteiger partial charge in [0.25, 0.3) is 0 Å². The fourth-order valence-electron chi connectivity index (χ4n) is 2.44. The zero-order valence-corrected chi connectivity index (χ0v) is 13.5. The summed E-state index contributed by atoms with van der Waals surface area (Å²) in [5.74, 6) is -0.0601. The second kappa shape index (κ2) is 6.77. The summed E-state index contributed by atoms with van der Waals surface area (Å²) in [7, 11) is -3.13. The predicted molar refractivity (Wildman–Crippen MR) is 82.7 cm³/mol. The number of hydrogen-bond donors (Lipinski definition) is 1. The maximum absolute atomic E-state index is 12.0. The van der Waals surface area contributed by atoms with Crippen molar-refractivity contribution in [2.75, 3.05) is 19.3 Å². The largest absolute Gasteiger partial charge is 0.353 e. The van der Waals surface area contributed by atoms with Crippen molar-refractivity contribution >= 4 is 27.5 Å². The van der Waals surface area contributed by atoms with Crippen LogP contribution in [-0.2, 0) is 21.2 Å². The summed E-state index contributed by atoms with van der Waals surface area (Å²) in [4.78, 5) is 12.0. The lowest BCUT2D eigenvalue weighted by Crippen LogP contribution is -2.46. The molecule has 1 heterocycles. The van der Waals surface area contributed by atoms with E-state index in [0.717, 1.165) is 5.56 Å². The van der Waals surface area contributed by atoms with E-state index in [0.29, 0.717) is 31.0 Å². The van der Waals surface area contributed by atoms with Crippen LogP contribution < -0.4 is 5.32 Å². The molecule has 0 atom stereocenters. The van der Waals surface area contributed by atoms with Gasteiger partial charge in [-0.25, -0.2) is 12.7 Å². The smallest absolute Gasteiger partial charge is 0.224 e. The molecule has 0 aromatic heterocycles. The first kappa shape index (κ1) is 16.3. The monoisotopic (exact) mass is 330 g/mol. The summed E-state index contributed by atoms with van der Waals surface area (Å²) >= 11 is 5.88. The topological polar surface area (TPSA) is 66.5 Å². The van der Waals surface area contributed by atoms with Gasteiger partial charge in [-0.1, -0.05) is 23.7 Å². The van der Waals surface area contributed by atoms with Gasteiger partial charge in [0.2, 0.25) is 15.9 Å². The van der Waals surface area contributed by atoms with Gasteiger partial charge in [-0.2, -0.15) is 0 Å². The average Bonchev–Trinajstić information content (AvgIpc) is 2.38. The molecule has 1 aliphatic heterocycles. The van der Waals surface area contributed by atoms with Crippen molar-refractivity contribution < 1.29 is 13.2 Å². The standard InChI is InChI=1S/C14H19ClN2O3S/c1-21(19,20)17-7-5-13(6-8-17)16-14(18)10-11-3-2-4-12(15)9-11/h2-4,9,13H,5-8,10H2,1H3,(H,16,18). The van der Waals surface area contributed by atoms with E-state index in [2.05, 4.69) is 5.32 Å². The number of carbonyl (C=O) groups excluding carboxylic acids is 1. The summed E-state index contributed by atoms with van der Waals surface area (Å²) in [5.41, 5.74) is 0.869. The summed E-state index contributed by atoms with van der Waals surface area (Å²) in [5, 5.41) is 3.57. The third-order valence-corrected chi connectivity index (χ3v) is 5.08. The molecule has 0 aliphatic carbocycles. The van der Waals surface area contributed by atoms with Crippen LogP contribution in [0.1, 0.15) is 18.4 Å². The Hall–Kier alpha value is -1.11. The van der Waals surface area contributed by atoms with Crippen LogP contribution in [0.4, 0.5) is 0 Å². The van der Waals surface area contributed by atoms with E-state index in [1.807, 2.05) is 12.1 Å². The number of carbonyl (C=O) groups is 1. The van der Waals surface area contributed by atoms with Gasteiger partial charge in [0.05, 0.1) is 12.7 Å². The fraction of sp³-hybridized carbons (Fsp3) is 0.500. The average molecular weight is 331 g/mol. The van der Waals surface area contributed by atoms with E-state index in [1.54, 1.807) is 12.1 Å². The highest BCUT2D eigenvalue weighted by Crippen LogP contribution is 2.14. The second-order valence-corrected chi connectivity index (χ2v) is 7.73. The zero-order chi connectivity index (χ0) is 15.5. The highest BCUT2D eigenvalue weighted by molar-refractivity contribution is 7.88. The molecule has 1 fully saturated rings. The van der Waals surface area contributed by atoms with E-state index in [-0.39, 0.29) is 18.4 Å². The summed E-state index contributed by atoms with van der Waals surface area (Å²) in [6.07, 6.45) is 2.79. The number of sulfonamides is 1. The Morgan fingerprint density at radius 2 is 2.05 bits per heavy atom. The minimum Gasteiger partial charge on any atom is -0.353 e. The molecule has 116 valence electrons. The molecule has 1 saturated heterocycles. The Morgan fingerprint density at radius 3 is 2.62 bits per heavy atom. The van der Waals surface area contributed by atoms with Gasteiger partial charge in [0.15, 0.2) is 0 Å². The second-order valence-electron chi connectivity index (χ2n) is 5.31. The Bertz CT molecular complexity index is 610. The number of nitrogens with one attached hydrogen (secondary N) is 1. The minimum absolute atomic E-state index is 0.0367. The molecule has 1 aliphatic rings. The van der Waals surface area contributed by atoms with Crippen molar-refractivity contribution in [2.45, 2.75) is 25.3 Å². The predicted octanol–water partition coefficient (Wildman–Crippen LogP) is 1.42.